The lowest BCUT2D eigenvalue weighted by molar-refractivity contribution is 0.176. The molecule has 0 aliphatic carbocycles. The van der Waals surface area contributed by atoms with Crippen LogP contribution in [0, 0.1) is 12.8 Å². The molecule has 0 saturated carbocycles. The van der Waals surface area contributed by atoms with Gasteiger partial charge in [0.2, 0.25) is 0 Å². The van der Waals surface area contributed by atoms with Gasteiger partial charge < -0.3 is 15.4 Å². The molecular formula is C23H35N5OS. The van der Waals surface area contributed by atoms with Crippen LogP contribution in [-0.4, -0.2) is 48.6 Å². The van der Waals surface area contributed by atoms with Crippen molar-refractivity contribution in [3.63, 3.8) is 0 Å². The fourth-order valence-electron chi connectivity index (χ4n) is 3.74. The largest absolute Gasteiger partial charge is 0.494 e. The van der Waals surface area contributed by atoms with Crippen molar-refractivity contribution in [1.82, 2.24) is 20.5 Å². The fraction of sp³-hybridized carbons (Fsp3) is 0.565. The molecule has 7 heteroatoms. The quantitative estimate of drug-likeness (QED) is 0.469. The Morgan fingerprint density at radius 3 is 2.73 bits per heavy atom. The number of ether oxygens (including phenoxy) is 1. The Hall–Kier alpha value is -2.12. The van der Waals surface area contributed by atoms with Gasteiger partial charge in [-0.1, -0.05) is 18.2 Å². The highest BCUT2D eigenvalue weighted by atomic mass is 32.1. The van der Waals surface area contributed by atoms with Crippen LogP contribution in [0.4, 0.5) is 0 Å². The predicted octanol–water partition coefficient (Wildman–Crippen LogP) is 3.82. The Labute approximate surface area is 184 Å². The molecule has 0 bridgehead atoms. The van der Waals surface area contributed by atoms with Gasteiger partial charge in [-0.05, 0) is 58.7 Å². The molecule has 1 fully saturated rings. The van der Waals surface area contributed by atoms with Crippen molar-refractivity contribution in [1.29, 1.82) is 0 Å². The number of benzene rings is 1. The van der Waals surface area contributed by atoms with Crippen LogP contribution in [0.1, 0.15) is 43.0 Å². The van der Waals surface area contributed by atoms with Crippen LogP contribution in [-0.2, 0) is 13.1 Å². The SMILES string of the molecule is CCNC(=NCc1ccccc1OCC)NCC1CCN(Cc2csc(C)n2)CC1. The zero-order valence-corrected chi connectivity index (χ0v) is 19.3. The first-order chi connectivity index (χ1) is 14.7. The summed E-state index contributed by atoms with van der Waals surface area (Å²) in [7, 11) is 0. The maximum Gasteiger partial charge on any atom is 0.191 e. The van der Waals surface area contributed by atoms with E-state index in [1.807, 2.05) is 25.1 Å². The van der Waals surface area contributed by atoms with E-state index in [1.54, 1.807) is 11.3 Å². The highest BCUT2D eigenvalue weighted by molar-refractivity contribution is 7.09. The van der Waals surface area contributed by atoms with Crippen LogP contribution in [0.15, 0.2) is 34.6 Å². The number of hydrogen-bond acceptors (Lipinski definition) is 5. The number of aromatic nitrogens is 1. The van der Waals surface area contributed by atoms with Crippen molar-refractivity contribution < 1.29 is 4.74 Å². The second kappa shape index (κ2) is 11.9. The third-order valence-electron chi connectivity index (χ3n) is 5.34. The van der Waals surface area contributed by atoms with Crippen molar-refractivity contribution >= 4 is 17.3 Å². The lowest BCUT2D eigenvalue weighted by Crippen LogP contribution is -2.42. The average Bonchev–Trinajstić information content (AvgIpc) is 3.17. The smallest absolute Gasteiger partial charge is 0.191 e. The maximum absolute atomic E-state index is 5.72. The van der Waals surface area contributed by atoms with Gasteiger partial charge in [-0.3, -0.25) is 4.90 Å². The highest BCUT2D eigenvalue weighted by Crippen LogP contribution is 2.20. The molecule has 0 amide bonds. The van der Waals surface area contributed by atoms with Gasteiger partial charge in [0.05, 0.1) is 23.9 Å². The number of para-hydroxylation sites is 1. The molecule has 2 aromatic rings. The van der Waals surface area contributed by atoms with E-state index < -0.39 is 0 Å². The van der Waals surface area contributed by atoms with Crippen LogP contribution in [0.5, 0.6) is 5.75 Å². The van der Waals surface area contributed by atoms with Gasteiger partial charge in [0.1, 0.15) is 5.75 Å². The van der Waals surface area contributed by atoms with E-state index in [0.29, 0.717) is 19.1 Å². The average molecular weight is 430 g/mol. The molecular weight excluding hydrogens is 394 g/mol. The zero-order valence-electron chi connectivity index (χ0n) is 18.5. The van der Waals surface area contributed by atoms with E-state index in [1.165, 1.54) is 18.5 Å². The first kappa shape index (κ1) is 22.6. The predicted molar refractivity (Wildman–Crippen MR) is 125 cm³/mol. The van der Waals surface area contributed by atoms with E-state index in [9.17, 15) is 0 Å². The summed E-state index contributed by atoms with van der Waals surface area (Å²) in [5.74, 6) is 2.48. The molecule has 1 aromatic carbocycles. The standard InChI is InChI=1S/C23H35N5OS/c1-4-24-23(26-15-20-8-6-7-9-22(20)29-5-2)25-14-19-10-12-28(13-11-19)16-21-17-30-18(3)27-21/h6-9,17,19H,4-5,10-16H2,1-3H3,(H2,24,25,26). The second-order valence-electron chi connectivity index (χ2n) is 7.69. The maximum atomic E-state index is 5.72. The molecule has 2 heterocycles. The number of nitrogens with zero attached hydrogens (tertiary/aromatic N) is 3. The monoisotopic (exact) mass is 429 g/mol. The Morgan fingerprint density at radius 2 is 2.03 bits per heavy atom. The summed E-state index contributed by atoms with van der Waals surface area (Å²) in [6, 6.07) is 8.13. The van der Waals surface area contributed by atoms with Crippen LogP contribution in [0.2, 0.25) is 0 Å². The van der Waals surface area contributed by atoms with Crippen molar-refractivity contribution in [2.45, 2.75) is 46.7 Å². The van der Waals surface area contributed by atoms with Crippen molar-refractivity contribution in [2.75, 3.05) is 32.8 Å². The Kier molecular flexibility index (Phi) is 8.96. The number of rotatable bonds is 9. The van der Waals surface area contributed by atoms with Gasteiger partial charge in [0.15, 0.2) is 5.96 Å². The van der Waals surface area contributed by atoms with Gasteiger partial charge in [-0.25, -0.2) is 9.98 Å². The van der Waals surface area contributed by atoms with E-state index in [0.717, 1.165) is 55.0 Å². The van der Waals surface area contributed by atoms with Crippen molar-refractivity contribution in [3.8, 4) is 5.75 Å². The van der Waals surface area contributed by atoms with Gasteiger partial charge >= 0.3 is 0 Å². The molecule has 0 atom stereocenters. The van der Waals surface area contributed by atoms with Gasteiger partial charge in [-0.2, -0.15) is 0 Å². The summed E-state index contributed by atoms with van der Waals surface area (Å²) in [5.41, 5.74) is 2.32. The second-order valence-corrected chi connectivity index (χ2v) is 8.76. The number of guanidine groups is 1. The topological polar surface area (TPSA) is 61.8 Å². The number of hydrogen-bond donors (Lipinski definition) is 2. The summed E-state index contributed by atoms with van der Waals surface area (Å²) in [5, 5.41) is 10.3. The molecule has 0 radical (unpaired) electrons. The Balaban J connectivity index is 1.46. The number of thiazole rings is 1. The van der Waals surface area contributed by atoms with Crippen LogP contribution in [0.25, 0.3) is 0 Å². The van der Waals surface area contributed by atoms with E-state index in [-0.39, 0.29) is 0 Å². The molecule has 164 valence electrons. The van der Waals surface area contributed by atoms with Crippen molar-refractivity contribution in [2.24, 2.45) is 10.9 Å². The van der Waals surface area contributed by atoms with Crippen LogP contribution < -0.4 is 15.4 Å². The number of likely N-dealkylation sites (tertiary alicyclic amines) is 1. The number of piperidine rings is 1. The van der Waals surface area contributed by atoms with E-state index >= 15 is 0 Å². The third kappa shape index (κ3) is 6.99. The number of nitrogens with one attached hydrogen (secondary N) is 2. The first-order valence-corrected chi connectivity index (χ1v) is 11.9. The first-order valence-electron chi connectivity index (χ1n) is 11.0. The summed E-state index contributed by atoms with van der Waals surface area (Å²) in [6.45, 7) is 12.5. The summed E-state index contributed by atoms with van der Waals surface area (Å²) >= 11 is 1.74. The molecule has 3 rings (SSSR count). The Morgan fingerprint density at radius 1 is 1.23 bits per heavy atom. The number of aliphatic imine (C=N–C) groups is 1. The number of aryl methyl sites for hydroxylation is 1. The molecule has 30 heavy (non-hydrogen) atoms. The van der Waals surface area contributed by atoms with E-state index in [4.69, 9.17) is 9.73 Å². The van der Waals surface area contributed by atoms with Gasteiger partial charge in [0.25, 0.3) is 0 Å². The van der Waals surface area contributed by atoms with Crippen molar-refractivity contribution in [3.05, 3.63) is 45.9 Å². The normalized spacial score (nSPS) is 15.9. The van der Waals surface area contributed by atoms with Gasteiger partial charge in [-0.15, -0.1) is 11.3 Å². The van der Waals surface area contributed by atoms with E-state index in [2.05, 4.69) is 45.8 Å². The summed E-state index contributed by atoms with van der Waals surface area (Å²) < 4.78 is 5.72. The molecule has 6 nitrogen and oxygen atoms in total. The Bertz CT molecular complexity index is 798. The molecule has 1 saturated heterocycles. The van der Waals surface area contributed by atoms with Crippen LogP contribution in [0.3, 0.4) is 0 Å². The molecule has 0 spiro atoms. The zero-order chi connectivity index (χ0) is 21.2. The molecule has 1 aliphatic rings. The lowest BCUT2D eigenvalue weighted by atomic mass is 9.97. The minimum absolute atomic E-state index is 0.608. The third-order valence-corrected chi connectivity index (χ3v) is 6.16. The molecule has 1 aromatic heterocycles. The highest BCUT2D eigenvalue weighted by Gasteiger charge is 2.20. The minimum Gasteiger partial charge on any atom is -0.494 e. The van der Waals surface area contributed by atoms with Gasteiger partial charge in [0, 0.05) is 30.6 Å². The summed E-state index contributed by atoms with van der Waals surface area (Å²) in [6.07, 6.45) is 2.42. The summed E-state index contributed by atoms with van der Waals surface area (Å²) in [4.78, 5) is 11.9. The molecule has 2 N–H and O–H groups in total. The molecule has 0 unspecified atom stereocenters. The lowest BCUT2D eigenvalue weighted by Gasteiger charge is -2.31. The fourth-order valence-corrected chi connectivity index (χ4v) is 4.34. The van der Waals surface area contributed by atoms with Crippen LogP contribution >= 0.6 is 11.3 Å². The minimum atomic E-state index is 0.608. The molecule has 1 aliphatic heterocycles.